The number of quaternary nitrogens is 2. The number of carbonyl (C=O) groups excluding carboxylic acids is 2. The molecule has 0 bridgehead atoms. The summed E-state index contributed by atoms with van der Waals surface area (Å²) in [6, 6.07) is 13.6. The van der Waals surface area contributed by atoms with Gasteiger partial charge in [0, 0.05) is 19.3 Å². The van der Waals surface area contributed by atoms with Gasteiger partial charge >= 0.3 is 0 Å². The molecule has 0 aliphatic carbocycles. The molecule has 3 N–H and O–H groups in total. The average Bonchev–Trinajstić information content (AvgIpc) is 2.75. The first-order valence-corrected chi connectivity index (χ1v) is 10.5. The number of likely N-dealkylation sites (N-methyl/N-ethyl adjacent to an activating group) is 1. The maximum Gasteiger partial charge on any atom is 0.279 e. The summed E-state index contributed by atoms with van der Waals surface area (Å²) in [5.74, 6) is 0.411. The Morgan fingerprint density at radius 1 is 1.03 bits per heavy atom. The molecule has 2 amide bonds. The van der Waals surface area contributed by atoms with Crippen LogP contribution in [0.25, 0.3) is 0 Å². The summed E-state index contributed by atoms with van der Waals surface area (Å²) in [5, 5.41) is 2.74. The van der Waals surface area contributed by atoms with E-state index in [0.29, 0.717) is 25.3 Å². The lowest BCUT2D eigenvalue weighted by Crippen LogP contribution is -3.28. The maximum atomic E-state index is 13.2. The van der Waals surface area contributed by atoms with Gasteiger partial charge in [0.05, 0.1) is 7.11 Å². The Balaban J connectivity index is 1.38. The van der Waals surface area contributed by atoms with Crippen LogP contribution in [0.5, 0.6) is 5.75 Å². The molecule has 3 rings (SSSR count). The summed E-state index contributed by atoms with van der Waals surface area (Å²) in [6.45, 7) is 4.68. The topological polar surface area (TPSA) is 67.5 Å². The van der Waals surface area contributed by atoms with Crippen LogP contribution in [0.1, 0.15) is 5.56 Å². The number of amides is 2. The number of hydrogen-bond acceptors (Lipinski definition) is 3. The number of piperazine rings is 1. The lowest BCUT2D eigenvalue weighted by Gasteiger charge is -2.30. The first-order chi connectivity index (χ1) is 14.9. The predicted molar refractivity (Wildman–Crippen MR) is 116 cm³/mol. The highest BCUT2D eigenvalue weighted by Crippen LogP contribution is 2.12. The predicted octanol–water partition coefficient (Wildman–Crippen LogP) is -0.785. The molecule has 2 aromatic carbocycles. The fraction of sp³-hybridized carbons (Fsp3) is 0.391. The van der Waals surface area contributed by atoms with E-state index in [1.165, 1.54) is 21.9 Å². The number of ether oxygens (including phenoxy) is 1. The van der Waals surface area contributed by atoms with Crippen LogP contribution in [0.2, 0.25) is 0 Å². The second-order valence-electron chi connectivity index (χ2n) is 8.01. The minimum atomic E-state index is -0.371. The van der Waals surface area contributed by atoms with E-state index in [1.807, 2.05) is 31.3 Å². The third-order valence-corrected chi connectivity index (χ3v) is 5.59. The van der Waals surface area contributed by atoms with Crippen LogP contribution in [0.15, 0.2) is 48.5 Å². The molecule has 8 heteroatoms. The van der Waals surface area contributed by atoms with Crippen molar-refractivity contribution in [3.63, 3.8) is 0 Å². The van der Waals surface area contributed by atoms with Crippen molar-refractivity contribution in [3.8, 4) is 5.75 Å². The van der Waals surface area contributed by atoms with Crippen LogP contribution in [0.3, 0.4) is 0 Å². The summed E-state index contributed by atoms with van der Waals surface area (Å²) in [5.41, 5.74) is 1.53. The number of anilines is 1. The number of benzene rings is 2. The van der Waals surface area contributed by atoms with Crippen LogP contribution in [0, 0.1) is 5.82 Å². The quantitative estimate of drug-likeness (QED) is 0.515. The number of carbonyl (C=O) groups is 2. The van der Waals surface area contributed by atoms with Gasteiger partial charge in [-0.2, -0.15) is 0 Å². The number of nitrogens with one attached hydrogen (secondary N) is 3. The Hall–Kier alpha value is -2.97. The van der Waals surface area contributed by atoms with Gasteiger partial charge in [0.2, 0.25) is 0 Å². The molecule has 166 valence electrons. The van der Waals surface area contributed by atoms with Gasteiger partial charge in [0.25, 0.3) is 11.8 Å². The first kappa shape index (κ1) is 22.7. The highest BCUT2D eigenvalue weighted by atomic mass is 19.1. The summed E-state index contributed by atoms with van der Waals surface area (Å²) in [4.78, 5) is 29.0. The van der Waals surface area contributed by atoms with Gasteiger partial charge in [-0.1, -0.05) is 18.2 Å². The van der Waals surface area contributed by atoms with Gasteiger partial charge in [0.15, 0.2) is 13.1 Å². The van der Waals surface area contributed by atoms with Crippen LogP contribution in [-0.2, 0) is 16.1 Å². The molecule has 1 fully saturated rings. The summed E-state index contributed by atoms with van der Waals surface area (Å²) in [7, 11) is 3.45. The SMILES string of the molecule is COc1ccc(CN(C)C(=O)C[NH+]2CC[NH+](CC(=O)Nc3cccc(F)c3)CC2)cc1. The monoisotopic (exact) mass is 430 g/mol. The summed E-state index contributed by atoms with van der Waals surface area (Å²) >= 11 is 0. The van der Waals surface area contributed by atoms with E-state index in [4.69, 9.17) is 4.74 Å². The molecule has 1 aliphatic rings. The molecule has 0 atom stereocenters. The Morgan fingerprint density at radius 3 is 2.29 bits per heavy atom. The largest absolute Gasteiger partial charge is 0.497 e. The van der Waals surface area contributed by atoms with Crippen LogP contribution in [0.4, 0.5) is 10.1 Å². The maximum absolute atomic E-state index is 13.2. The van der Waals surface area contributed by atoms with E-state index in [2.05, 4.69) is 5.32 Å². The molecular formula is C23H31FN4O3+2. The molecule has 0 aromatic heterocycles. The molecular weight excluding hydrogens is 399 g/mol. The number of rotatable bonds is 8. The van der Waals surface area contributed by atoms with E-state index >= 15 is 0 Å². The van der Waals surface area contributed by atoms with Gasteiger partial charge in [-0.25, -0.2) is 4.39 Å². The van der Waals surface area contributed by atoms with E-state index in [9.17, 15) is 14.0 Å². The number of methoxy groups -OCH3 is 1. The summed E-state index contributed by atoms with van der Waals surface area (Å²) in [6.07, 6.45) is 0. The third kappa shape index (κ3) is 7.04. The number of nitrogens with zero attached hydrogens (tertiary/aromatic N) is 1. The minimum absolute atomic E-state index is 0.109. The Morgan fingerprint density at radius 2 is 1.68 bits per heavy atom. The molecule has 2 aromatic rings. The Bertz CT molecular complexity index is 883. The van der Waals surface area contributed by atoms with Crippen LogP contribution in [-0.4, -0.2) is 70.1 Å². The second kappa shape index (κ2) is 10.9. The molecule has 31 heavy (non-hydrogen) atoms. The zero-order chi connectivity index (χ0) is 22.2. The fourth-order valence-electron chi connectivity index (χ4n) is 3.75. The fourth-order valence-corrected chi connectivity index (χ4v) is 3.75. The highest BCUT2D eigenvalue weighted by Gasteiger charge is 2.27. The highest BCUT2D eigenvalue weighted by molar-refractivity contribution is 5.91. The van der Waals surface area contributed by atoms with Gasteiger partial charge in [-0.05, 0) is 35.9 Å². The van der Waals surface area contributed by atoms with E-state index in [-0.39, 0.29) is 17.6 Å². The molecule has 0 saturated carbocycles. The minimum Gasteiger partial charge on any atom is -0.497 e. The van der Waals surface area contributed by atoms with Crippen molar-refractivity contribution in [2.45, 2.75) is 6.54 Å². The van der Waals surface area contributed by atoms with Crippen molar-refractivity contribution in [1.29, 1.82) is 0 Å². The summed E-state index contributed by atoms with van der Waals surface area (Å²) < 4.78 is 18.4. The molecule has 0 unspecified atom stereocenters. The third-order valence-electron chi connectivity index (χ3n) is 5.59. The van der Waals surface area contributed by atoms with Gasteiger partial charge in [-0.15, -0.1) is 0 Å². The van der Waals surface area contributed by atoms with Gasteiger partial charge in [-0.3, -0.25) is 9.59 Å². The zero-order valence-corrected chi connectivity index (χ0v) is 18.1. The lowest BCUT2D eigenvalue weighted by molar-refractivity contribution is -1.00. The average molecular weight is 431 g/mol. The number of halogens is 1. The Kier molecular flexibility index (Phi) is 7.97. The molecule has 1 aliphatic heterocycles. The van der Waals surface area contributed by atoms with Crippen LogP contribution >= 0.6 is 0 Å². The van der Waals surface area contributed by atoms with E-state index < -0.39 is 0 Å². The van der Waals surface area contributed by atoms with Crippen molar-refractivity contribution in [2.75, 3.05) is 58.7 Å². The molecule has 7 nitrogen and oxygen atoms in total. The zero-order valence-electron chi connectivity index (χ0n) is 18.1. The molecule has 0 radical (unpaired) electrons. The molecule has 1 saturated heterocycles. The van der Waals surface area contributed by atoms with Crippen molar-refractivity contribution in [3.05, 3.63) is 59.9 Å². The number of hydrogen-bond donors (Lipinski definition) is 3. The van der Waals surface area contributed by atoms with Gasteiger partial charge < -0.3 is 24.8 Å². The molecule has 1 heterocycles. The van der Waals surface area contributed by atoms with Crippen molar-refractivity contribution < 1.29 is 28.5 Å². The van der Waals surface area contributed by atoms with Crippen LogP contribution < -0.4 is 19.9 Å². The van der Waals surface area contributed by atoms with Gasteiger partial charge in [0.1, 0.15) is 37.7 Å². The van der Waals surface area contributed by atoms with Crippen molar-refractivity contribution in [1.82, 2.24) is 4.90 Å². The van der Waals surface area contributed by atoms with E-state index in [1.54, 1.807) is 24.1 Å². The normalized spacial score (nSPS) is 18.3. The standard InChI is InChI=1S/C23H29FN4O3/c1-26(15-18-6-8-21(31-2)9-7-18)23(30)17-28-12-10-27(11-13-28)16-22(29)25-20-5-3-4-19(24)14-20/h3-9,14H,10-13,15-17H2,1-2H3,(H,25,29)/p+2. The first-order valence-electron chi connectivity index (χ1n) is 10.5. The van der Waals surface area contributed by atoms with Crippen molar-refractivity contribution in [2.24, 2.45) is 0 Å². The second-order valence-corrected chi connectivity index (χ2v) is 8.01. The smallest absolute Gasteiger partial charge is 0.279 e. The van der Waals surface area contributed by atoms with Crippen molar-refractivity contribution >= 4 is 17.5 Å². The van der Waals surface area contributed by atoms with E-state index in [0.717, 1.165) is 37.5 Å². The molecule has 0 spiro atoms. The Labute approximate surface area is 182 Å². The lowest BCUT2D eigenvalue weighted by atomic mass is 10.2.